The Morgan fingerprint density at radius 1 is 1.14 bits per heavy atom. The summed E-state index contributed by atoms with van der Waals surface area (Å²) < 4.78 is 6.98. The second-order valence-corrected chi connectivity index (χ2v) is 11.0. The van der Waals surface area contributed by atoms with Crippen molar-refractivity contribution in [1.29, 1.82) is 0 Å². The molecular formula is C27H27IN2O4S. The van der Waals surface area contributed by atoms with E-state index in [2.05, 4.69) is 30.0 Å². The maximum Gasteiger partial charge on any atom is 0.339 e. The lowest BCUT2D eigenvalue weighted by atomic mass is 9.80. The molecule has 1 aliphatic heterocycles. The molecule has 2 atom stereocenters. The molecule has 8 heteroatoms. The molecule has 0 saturated carbocycles. The number of hydrogen-bond donors (Lipinski definition) is 1. The van der Waals surface area contributed by atoms with Gasteiger partial charge in [-0.1, -0.05) is 24.3 Å². The molecule has 1 fully saturated rings. The summed E-state index contributed by atoms with van der Waals surface area (Å²) in [6, 6.07) is 16.2. The van der Waals surface area contributed by atoms with Crippen LogP contribution in [-0.4, -0.2) is 42.8 Å². The van der Waals surface area contributed by atoms with Crippen molar-refractivity contribution in [1.82, 2.24) is 0 Å². The molecule has 6 nitrogen and oxygen atoms in total. The van der Waals surface area contributed by atoms with Crippen LogP contribution < -0.4 is 8.01 Å². The first-order valence-corrected chi connectivity index (χ1v) is 13.6. The average Bonchev–Trinajstić information content (AvgIpc) is 3.34. The molecule has 0 radical (unpaired) electrons. The van der Waals surface area contributed by atoms with E-state index in [1.807, 2.05) is 58.6 Å². The number of ether oxygens (including phenoxy) is 1. The maximum atomic E-state index is 13.3. The third kappa shape index (κ3) is 4.83. The largest absolute Gasteiger partial charge is 0.478 e. The van der Waals surface area contributed by atoms with Crippen LogP contribution >= 0.6 is 34.2 Å². The number of morpholine rings is 1. The molecule has 1 saturated heterocycles. The van der Waals surface area contributed by atoms with Gasteiger partial charge in [0.05, 0.1) is 41.6 Å². The van der Waals surface area contributed by atoms with Crippen LogP contribution in [0.15, 0.2) is 53.9 Å². The number of amides is 1. The Bertz CT molecular complexity index is 1240. The predicted octanol–water partition coefficient (Wildman–Crippen LogP) is 5.94. The van der Waals surface area contributed by atoms with Crippen molar-refractivity contribution in [2.75, 3.05) is 27.8 Å². The zero-order valence-corrected chi connectivity index (χ0v) is 22.4. The first kappa shape index (κ1) is 24.3. The van der Waals surface area contributed by atoms with Crippen LogP contribution in [0, 0.1) is 0 Å². The smallest absolute Gasteiger partial charge is 0.339 e. The fourth-order valence-electron chi connectivity index (χ4n) is 5.10. The Labute approximate surface area is 223 Å². The van der Waals surface area contributed by atoms with Gasteiger partial charge in [0.15, 0.2) is 0 Å². The third-order valence-corrected chi connectivity index (χ3v) is 9.20. The number of carboxylic acid groups (broad SMARTS) is 1. The second-order valence-electron chi connectivity index (χ2n) is 9.13. The summed E-state index contributed by atoms with van der Waals surface area (Å²) in [4.78, 5) is 27.9. The molecule has 0 spiro atoms. The van der Waals surface area contributed by atoms with E-state index >= 15 is 0 Å². The molecule has 0 bridgehead atoms. The third-order valence-electron chi connectivity index (χ3n) is 6.97. The van der Waals surface area contributed by atoms with E-state index in [1.165, 1.54) is 25.6 Å². The Hall–Kier alpha value is -2.43. The van der Waals surface area contributed by atoms with E-state index in [1.54, 1.807) is 0 Å². The molecule has 3 aromatic rings. The molecule has 35 heavy (non-hydrogen) atoms. The second kappa shape index (κ2) is 10.3. The summed E-state index contributed by atoms with van der Waals surface area (Å²) in [5, 5.41) is 12.5. The number of benzene rings is 2. The summed E-state index contributed by atoms with van der Waals surface area (Å²) in [6.07, 6.45) is 2.67. The monoisotopic (exact) mass is 602 g/mol. The topological polar surface area (TPSA) is 70.1 Å². The number of rotatable bonds is 5. The number of aryl methyl sites for hydroxylation is 1. The van der Waals surface area contributed by atoms with Crippen molar-refractivity contribution in [3.05, 3.63) is 81.7 Å². The Balaban J connectivity index is 1.37. The Morgan fingerprint density at radius 3 is 2.60 bits per heavy atom. The van der Waals surface area contributed by atoms with Crippen molar-refractivity contribution in [3.8, 4) is 0 Å². The van der Waals surface area contributed by atoms with Gasteiger partial charge in [0, 0.05) is 23.8 Å². The van der Waals surface area contributed by atoms with E-state index in [0.29, 0.717) is 23.8 Å². The summed E-state index contributed by atoms with van der Waals surface area (Å²) in [6.45, 7) is 4.32. The lowest BCUT2D eigenvalue weighted by Crippen LogP contribution is -2.43. The summed E-state index contributed by atoms with van der Waals surface area (Å²) in [5.41, 5.74) is 5.29. The lowest BCUT2D eigenvalue weighted by molar-refractivity contribution is 0.0696. The first-order valence-electron chi connectivity index (χ1n) is 11.8. The Kier molecular flexibility index (Phi) is 7.13. The quantitative estimate of drug-likeness (QED) is 0.289. The highest BCUT2D eigenvalue weighted by molar-refractivity contribution is 14.1. The number of hydrogen-bond acceptors (Lipinski definition) is 5. The van der Waals surface area contributed by atoms with Crippen molar-refractivity contribution in [2.45, 2.75) is 38.1 Å². The zero-order valence-electron chi connectivity index (χ0n) is 19.4. The van der Waals surface area contributed by atoms with Gasteiger partial charge in [0.25, 0.3) is 5.91 Å². The van der Waals surface area contributed by atoms with Gasteiger partial charge in [-0.25, -0.2) is 7.91 Å². The molecule has 1 unspecified atom stereocenters. The minimum absolute atomic E-state index is 0.135. The highest BCUT2D eigenvalue weighted by Gasteiger charge is 2.31. The molecule has 2 heterocycles. The normalized spacial score (nSPS) is 19.8. The maximum absolute atomic E-state index is 13.3. The average molecular weight is 602 g/mol. The van der Waals surface area contributed by atoms with Crippen LogP contribution in [0.4, 0.5) is 10.7 Å². The number of anilines is 2. The molecule has 5 rings (SSSR count). The highest BCUT2D eigenvalue weighted by atomic mass is 127. The Morgan fingerprint density at radius 2 is 1.89 bits per heavy atom. The van der Waals surface area contributed by atoms with Crippen molar-refractivity contribution in [2.24, 2.45) is 0 Å². The van der Waals surface area contributed by atoms with E-state index in [0.717, 1.165) is 37.1 Å². The van der Waals surface area contributed by atoms with Crippen LogP contribution in [0.25, 0.3) is 0 Å². The summed E-state index contributed by atoms with van der Waals surface area (Å²) in [5.74, 6) is -1.08. The number of fused-ring (bicyclic) bond motifs is 1. The van der Waals surface area contributed by atoms with Gasteiger partial charge in [-0.05, 0) is 78.4 Å². The van der Waals surface area contributed by atoms with E-state index in [9.17, 15) is 14.7 Å². The highest BCUT2D eigenvalue weighted by Crippen LogP contribution is 2.42. The minimum Gasteiger partial charge on any atom is -0.478 e. The van der Waals surface area contributed by atoms with Gasteiger partial charge in [-0.2, -0.15) is 0 Å². The van der Waals surface area contributed by atoms with Crippen LogP contribution in [0.2, 0.25) is 0 Å². The fourth-order valence-corrected chi connectivity index (χ4v) is 7.00. The fraction of sp³-hybridized carbons (Fsp3) is 0.333. The SMILES string of the molecule is C[C@H]1COCCN1c1ccc(C(=O)N(I)c2scc(C3CCc4ccccc4C3)c2C(=O)O)cc1. The van der Waals surface area contributed by atoms with Crippen LogP contribution in [-0.2, 0) is 17.6 Å². The number of aromatic carboxylic acids is 1. The van der Waals surface area contributed by atoms with Gasteiger partial charge in [0.2, 0.25) is 0 Å². The molecule has 182 valence electrons. The minimum atomic E-state index is -0.985. The van der Waals surface area contributed by atoms with Crippen molar-refractivity contribution >= 4 is 56.8 Å². The number of carbonyl (C=O) groups is 2. The predicted molar refractivity (Wildman–Crippen MR) is 147 cm³/mol. The van der Waals surface area contributed by atoms with Crippen LogP contribution in [0.3, 0.4) is 0 Å². The van der Waals surface area contributed by atoms with Gasteiger partial charge in [-0.3, -0.25) is 4.79 Å². The number of nitrogens with zero attached hydrogens (tertiary/aromatic N) is 2. The molecule has 1 aliphatic carbocycles. The van der Waals surface area contributed by atoms with E-state index < -0.39 is 5.97 Å². The zero-order chi connectivity index (χ0) is 24.5. The van der Waals surface area contributed by atoms with Gasteiger partial charge < -0.3 is 14.7 Å². The molecular weight excluding hydrogens is 575 g/mol. The first-order chi connectivity index (χ1) is 16.9. The molecule has 1 N–H and O–H groups in total. The van der Waals surface area contributed by atoms with Crippen molar-refractivity contribution in [3.63, 3.8) is 0 Å². The number of carboxylic acids is 1. The van der Waals surface area contributed by atoms with E-state index in [4.69, 9.17) is 4.74 Å². The van der Waals surface area contributed by atoms with Crippen molar-refractivity contribution < 1.29 is 19.4 Å². The van der Waals surface area contributed by atoms with E-state index in [-0.39, 0.29) is 23.4 Å². The molecule has 1 amide bonds. The van der Waals surface area contributed by atoms with Gasteiger partial charge in [-0.15, -0.1) is 11.3 Å². The molecule has 1 aromatic heterocycles. The number of halogens is 1. The lowest BCUT2D eigenvalue weighted by Gasteiger charge is -2.35. The van der Waals surface area contributed by atoms with Crippen LogP contribution in [0.5, 0.6) is 0 Å². The standard InChI is InChI=1S/C27H27IN2O4S/c1-17-15-34-13-12-29(17)22-10-8-19(9-11-22)25(31)30(28)26-24(27(32)33)23(16-35-26)21-7-6-18-4-2-3-5-20(18)14-21/h2-5,8-11,16-17,21H,6-7,12-15H2,1H3,(H,32,33)/t17-,21?/m0/s1. The summed E-state index contributed by atoms with van der Waals surface area (Å²) >= 11 is 3.27. The number of carbonyl (C=O) groups excluding carboxylic acids is 1. The molecule has 2 aliphatic rings. The summed E-state index contributed by atoms with van der Waals surface area (Å²) in [7, 11) is 0. The van der Waals surface area contributed by atoms with Crippen LogP contribution in [0.1, 0.15) is 56.7 Å². The number of thiophene rings is 1. The van der Waals surface area contributed by atoms with Gasteiger partial charge >= 0.3 is 5.97 Å². The molecule has 2 aromatic carbocycles. The van der Waals surface area contributed by atoms with Gasteiger partial charge in [0.1, 0.15) is 5.00 Å².